The Bertz CT molecular complexity index is 277. The van der Waals surface area contributed by atoms with E-state index in [9.17, 15) is 0 Å². The molecule has 0 spiro atoms. The van der Waals surface area contributed by atoms with Gasteiger partial charge in [-0.05, 0) is 44.1 Å². The Hall–Kier alpha value is -0.860. The molecule has 0 aromatic heterocycles. The van der Waals surface area contributed by atoms with Crippen LogP contribution in [0.1, 0.15) is 30.4 Å². The molecule has 0 heterocycles. The molecule has 0 radical (unpaired) electrons. The summed E-state index contributed by atoms with van der Waals surface area (Å²) in [6, 6.07) is 8.86. The van der Waals surface area contributed by atoms with Crippen LogP contribution in [0.2, 0.25) is 0 Å². The van der Waals surface area contributed by atoms with Gasteiger partial charge in [-0.25, -0.2) is 0 Å². The van der Waals surface area contributed by atoms with Crippen LogP contribution in [0, 0.1) is 0 Å². The van der Waals surface area contributed by atoms with Crippen molar-refractivity contribution in [1.82, 2.24) is 4.90 Å². The summed E-state index contributed by atoms with van der Waals surface area (Å²) in [5, 5.41) is 0. The van der Waals surface area contributed by atoms with Crippen LogP contribution in [0.3, 0.4) is 0 Å². The smallest absolute Gasteiger partial charge is 0.0227 e. The zero-order valence-corrected chi connectivity index (χ0v) is 10.0. The molecule has 15 heavy (non-hydrogen) atoms. The minimum atomic E-state index is 0.573. The van der Waals surface area contributed by atoms with Gasteiger partial charge >= 0.3 is 0 Å². The highest BCUT2D eigenvalue weighted by atomic mass is 15.0. The fourth-order valence-corrected chi connectivity index (χ4v) is 1.73. The fraction of sp³-hybridized carbons (Fsp3) is 0.538. The third-order valence-electron chi connectivity index (χ3n) is 2.65. The highest BCUT2D eigenvalue weighted by Crippen LogP contribution is 2.18. The zero-order valence-electron chi connectivity index (χ0n) is 10.0. The van der Waals surface area contributed by atoms with Crippen LogP contribution in [0.5, 0.6) is 0 Å². The fourth-order valence-electron chi connectivity index (χ4n) is 1.73. The number of hydrogen-bond acceptors (Lipinski definition) is 2. The lowest BCUT2D eigenvalue weighted by atomic mass is 9.97. The molecule has 2 N–H and O–H groups in total. The lowest BCUT2D eigenvalue weighted by molar-refractivity contribution is 0.402. The van der Waals surface area contributed by atoms with E-state index in [0.29, 0.717) is 5.92 Å². The maximum absolute atomic E-state index is 5.56. The first-order valence-corrected chi connectivity index (χ1v) is 5.57. The molecule has 1 aromatic rings. The SMILES string of the molecule is CC(CCN)c1ccc(CN(C)C)cc1. The Morgan fingerprint density at radius 2 is 1.80 bits per heavy atom. The van der Waals surface area contributed by atoms with Crippen molar-refractivity contribution in [2.24, 2.45) is 5.73 Å². The third kappa shape index (κ3) is 4.02. The molecular formula is C13H22N2. The molecule has 0 saturated carbocycles. The summed E-state index contributed by atoms with van der Waals surface area (Å²) in [7, 11) is 4.18. The summed E-state index contributed by atoms with van der Waals surface area (Å²) in [5.41, 5.74) is 8.31. The molecule has 0 fully saturated rings. The third-order valence-corrected chi connectivity index (χ3v) is 2.65. The number of benzene rings is 1. The Balaban J connectivity index is 2.63. The Morgan fingerprint density at radius 3 is 2.27 bits per heavy atom. The van der Waals surface area contributed by atoms with Crippen LogP contribution in [0.15, 0.2) is 24.3 Å². The molecule has 0 aliphatic rings. The van der Waals surface area contributed by atoms with Crippen molar-refractivity contribution in [3.05, 3.63) is 35.4 Å². The number of rotatable bonds is 5. The molecule has 0 aliphatic heterocycles. The predicted octanol–water partition coefficient (Wildman–Crippen LogP) is 2.20. The molecule has 0 saturated heterocycles. The average molecular weight is 206 g/mol. The van der Waals surface area contributed by atoms with Crippen LogP contribution < -0.4 is 5.73 Å². The average Bonchev–Trinajstić information content (AvgIpc) is 2.18. The predicted molar refractivity (Wildman–Crippen MR) is 65.9 cm³/mol. The van der Waals surface area contributed by atoms with Gasteiger partial charge in [0.25, 0.3) is 0 Å². The second kappa shape index (κ2) is 5.89. The molecule has 2 heteroatoms. The van der Waals surface area contributed by atoms with Gasteiger partial charge in [0.1, 0.15) is 0 Å². The Labute approximate surface area is 93.1 Å². The van der Waals surface area contributed by atoms with Gasteiger partial charge in [0.15, 0.2) is 0 Å². The van der Waals surface area contributed by atoms with Crippen LogP contribution in [0.25, 0.3) is 0 Å². The molecule has 1 aromatic carbocycles. The first kappa shape index (κ1) is 12.2. The minimum absolute atomic E-state index is 0.573. The second-order valence-corrected chi connectivity index (χ2v) is 4.46. The molecular weight excluding hydrogens is 184 g/mol. The van der Waals surface area contributed by atoms with Gasteiger partial charge in [-0.1, -0.05) is 31.2 Å². The van der Waals surface area contributed by atoms with E-state index in [0.717, 1.165) is 19.5 Å². The maximum atomic E-state index is 5.56. The Kier molecular flexibility index (Phi) is 4.79. The van der Waals surface area contributed by atoms with Gasteiger partial charge in [-0.3, -0.25) is 0 Å². The monoisotopic (exact) mass is 206 g/mol. The van der Waals surface area contributed by atoms with Crippen molar-refractivity contribution >= 4 is 0 Å². The van der Waals surface area contributed by atoms with Gasteiger partial charge < -0.3 is 10.6 Å². The van der Waals surface area contributed by atoms with E-state index in [1.807, 2.05) is 0 Å². The van der Waals surface area contributed by atoms with Gasteiger partial charge in [-0.2, -0.15) is 0 Å². The summed E-state index contributed by atoms with van der Waals surface area (Å²) in [4.78, 5) is 2.18. The summed E-state index contributed by atoms with van der Waals surface area (Å²) >= 11 is 0. The summed E-state index contributed by atoms with van der Waals surface area (Å²) < 4.78 is 0. The van der Waals surface area contributed by atoms with Crippen molar-refractivity contribution in [2.75, 3.05) is 20.6 Å². The van der Waals surface area contributed by atoms with Crippen LogP contribution >= 0.6 is 0 Å². The normalized spacial score (nSPS) is 13.1. The van der Waals surface area contributed by atoms with Gasteiger partial charge in [0.05, 0.1) is 0 Å². The molecule has 1 rings (SSSR count). The largest absolute Gasteiger partial charge is 0.330 e. The highest BCUT2D eigenvalue weighted by Gasteiger charge is 2.04. The van der Waals surface area contributed by atoms with Gasteiger partial charge in [0.2, 0.25) is 0 Å². The Morgan fingerprint density at radius 1 is 1.20 bits per heavy atom. The molecule has 1 atom stereocenters. The standard InChI is InChI=1S/C13H22N2/c1-11(8-9-14)13-6-4-12(5-7-13)10-15(2)3/h4-7,11H,8-10,14H2,1-3H3. The minimum Gasteiger partial charge on any atom is -0.330 e. The van der Waals surface area contributed by atoms with E-state index >= 15 is 0 Å². The van der Waals surface area contributed by atoms with Crippen LogP contribution in [-0.4, -0.2) is 25.5 Å². The van der Waals surface area contributed by atoms with E-state index in [2.05, 4.69) is 50.2 Å². The zero-order chi connectivity index (χ0) is 11.3. The van der Waals surface area contributed by atoms with E-state index in [1.54, 1.807) is 0 Å². The van der Waals surface area contributed by atoms with E-state index in [4.69, 9.17) is 5.73 Å². The summed E-state index contributed by atoms with van der Waals surface area (Å²) in [6.45, 7) is 4.00. The van der Waals surface area contributed by atoms with Crippen molar-refractivity contribution in [1.29, 1.82) is 0 Å². The maximum Gasteiger partial charge on any atom is 0.0227 e. The van der Waals surface area contributed by atoms with Crippen molar-refractivity contribution in [3.8, 4) is 0 Å². The molecule has 0 bridgehead atoms. The van der Waals surface area contributed by atoms with E-state index in [-0.39, 0.29) is 0 Å². The number of nitrogens with zero attached hydrogens (tertiary/aromatic N) is 1. The molecule has 1 unspecified atom stereocenters. The number of nitrogens with two attached hydrogens (primary N) is 1. The lowest BCUT2D eigenvalue weighted by Crippen LogP contribution is -2.10. The molecule has 0 aliphatic carbocycles. The van der Waals surface area contributed by atoms with E-state index in [1.165, 1.54) is 11.1 Å². The van der Waals surface area contributed by atoms with Crippen LogP contribution in [-0.2, 0) is 6.54 Å². The second-order valence-electron chi connectivity index (χ2n) is 4.46. The lowest BCUT2D eigenvalue weighted by Gasteiger charge is -2.13. The highest BCUT2D eigenvalue weighted by molar-refractivity contribution is 5.25. The van der Waals surface area contributed by atoms with Crippen molar-refractivity contribution in [2.45, 2.75) is 25.8 Å². The molecule has 2 nitrogen and oxygen atoms in total. The summed E-state index contributed by atoms with van der Waals surface area (Å²) in [6.07, 6.45) is 1.06. The topological polar surface area (TPSA) is 29.3 Å². The number of hydrogen-bond donors (Lipinski definition) is 1. The van der Waals surface area contributed by atoms with Gasteiger partial charge in [-0.15, -0.1) is 0 Å². The van der Waals surface area contributed by atoms with E-state index < -0.39 is 0 Å². The van der Waals surface area contributed by atoms with Crippen LogP contribution in [0.4, 0.5) is 0 Å². The van der Waals surface area contributed by atoms with Crippen molar-refractivity contribution in [3.63, 3.8) is 0 Å². The van der Waals surface area contributed by atoms with Gasteiger partial charge in [0, 0.05) is 6.54 Å². The first-order chi connectivity index (χ1) is 7.13. The quantitative estimate of drug-likeness (QED) is 0.800. The first-order valence-electron chi connectivity index (χ1n) is 5.57. The molecule has 0 amide bonds. The summed E-state index contributed by atoms with van der Waals surface area (Å²) in [5.74, 6) is 0.573. The molecule has 84 valence electrons. The van der Waals surface area contributed by atoms with Crippen molar-refractivity contribution < 1.29 is 0 Å².